The summed E-state index contributed by atoms with van der Waals surface area (Å²) in [7, 11) is 0. The van der Waals surface area contributed by atoms with Crippen LogP contribution in [0.3, 0.4) is 0 Å². The van der Waals surface area contributed by atoms with Crippen molar-refractivity contribution in [3.05, 3.63) is 42.0 Å². The van der Waals surface area contributed by atoms with Gasteiger partial charge in [-0.3, -0.25) is 0 Å². The van der Waals surface area contributed by atoms with E-state index >= 15 is 0 Å². The molecule has 0 bridgehead atoms. The maximum atomic E-state index is 10.9. The second-order valence-electron chi connectivity index (χ2n) is 2.80. The molecular formula is C11H12O3. The first-order valence-electron chi connectivity index (χ1n) is 4.35. The number of carboxylic acids is 1. The second-order valence-corrected chi connectivity index (χ2v) is 2.80. The Morgan fingerprint density at radius 2 is 1.93 bits per heavy atom. The number of aliphatic carboxylic acids is 1. The van der Waals surface area contributed by atoms with E-state index in [0.717, 1.165) is 0 Å². The van der Waals surface area contributed by atoms with Gasteiger partial charge in [-0.2, -0.15) is 0 Å². The Morgan fingerprint density at radius 3 is 2.43 bits per heavy atom. The average Bonchev–Trinajstić information content (AvgIpc) is 2.19. The number of benzene rings is 1. The van der Waals surface area contributed by atoms with Crippen LogP contribution in [0, 0.1) is 0 Å². The predicted octanol–water partition coefficient (Wildman–Crippen LogP) is 1.54. The van der Waals surface area contributed by atoms with Gasteiger partial charge in [0.2, 0.25) is 0 Å². The average molecular weight is 192 g/mol. The van der Waals surface area contributed by atoms with Gasteiger partial charge < -0.3 is 10.2 Å². The van der Waals surface area contributed by atoms with Gasteiger partial charge in [0.25, 0.3) is 0 Å². The molecule has 0 saturated heterocycles. The third kappa shape index (κ3) is 2.71. The largest absolute Gasteiger partial charge is 0.478 e. The Balaban J connectivity index is 2.95. The molecule has 0 fully saturated rings. The molecule has 1 aromatic carbocycles. The number of aliphatic hydroxyl groups is 1. The first-order chi connectivity index (χ1) is 6.75. The standard InChI is InChI=1S/C11H12O3/c12-8-4-7-10(11(13)14)9-5-2-1-3-6-9/h1-3,5-7,12H,4,8H2,(H,13,14). The molecule has 0 unspecified atom stereocenters. The summed E-state index contributed by atoms with van der Waals surface area (Å²) >= 11 is 0. The predicted molar refractivity (Wildman–Crippen MR) is 53.8 cm³/mol. The lowest BCUT2D eigenvalue weighted by Gasteiger charge is -2.01. The molecule has 0 aliphatic rings. The van der Waals surface area contributed by atoms with Crippen molar-refractivity contribution in [2.24, 2.45) is 0 Å². The van der Waals surface area contributed by atoms with Crippen LogP contribution in [0.2, 0.25) is 0 Å². The van der Waals surface area contributed by atoms with Crippen molar-refractivity contribution in [1.29, 1.82) is 0 Å². The van der Waals surface area contributed by atoms with Crippen LogP contribution in [0.5, 0.6) is 0 Å². The van der Waals surface area contributed by atoms with Crippen molar-refractivity contribution in [3.8, 4) is 0 Å². The van der Waals surface area contributed by atoms with Crippen molar-refractivity contribution in [3.63, 3.8) is 0 Å². The van der Waals surface area contributed by atoms with E-state index in [2.05, 4.69) is 0 Å². The third-order valence-corrected chi connectivity index (χ3v) is 1.79. The zero-order valence-electron chi connectivity index (χ0n) is 7.68. The molecule has 14 heavy (non-hydrogen) atoms. The van der Waals surface area contributed by atoms with Gasteiger partial charge in [-0.1, -0.05) is 36.4 Å². The normalized spacial score (nSPS) is 11.4. The Hall–Kier alpha value is -1.61. The number of carboxylic acid groups (broad SMARTS) is 1. The monoisotopic (exact) mass is 192 g/mol. The molecule has 3 nitrogen and oxygen atoms in total. The molecule has 3 heteroatoms. The third-order valence-electron chi connectivity index (χ3n) is 1.79. The fourth-order valence-corrected chi connectivity index (χ4v) is 1.16. The molecule has 0 radical (unpaired) electrons. The molecule has 1 aromatic rings. The molecule has 0 heterocycles. The zero-order valence-corrected chi connectivity index (χ0v) is 7.68. The fraction of sp³-hybridized carbons (Fsp3) is 0.182. The van der Waals surface area contributed by atoms with Crippen molar-refractivity contribution in [1.82, 2.24) is 0 Å². The highest BCUT2D eigenvalue weighted by Gasteiger charge is 2.08. The highest BCUT2D eigenvalue weighted by atomic mass is 16.4. The summed E-state index contributed by atoms with van der Waals surface area (Å²) in [6.07, 6.45) is 1.88. The minimum atomic E-state index is -0.968. The van der Waals surface area contributed by atoms with E-state index in [-0.39, 0.29) is 12.2 Å². The van der Waals surface area contributed by atoms with Crippen LogP contribution in [-0.2, 0) is 4.79 Å². The summed E-state index contributed by atoms with van der Waals surface area (Å²) in [4.78, 5) is 10.9. The van der Waals surface area contributed by atoms with Crippen molar-refractivity contribution < 1.29 is 15.0 Å². The molecule has 2 N–H and O–H groups in total. The maximum Gasteiger partial charge on any atom is 0.335 e. The number of carbonyl (C=O) groups is 1. The van der Waals surface area contributed by atoms with Crippen molar-refractivity contribution in [2.75, 3.05) is 6.61 Å². The quantitative estimate of drug-likeness (QED) is 0.711. The minimum Gasteiger partial charge on any atom is -0.478 e. The van der Waals surface area contributed by atoms with E-state index in [1.807, 2.05) is 6.07 Å². The molecule has 0 aliphatic carbocycles. The van der Waals surface area contributed by atoms with Crippen LogP contribution in [0.25, 0.3) is 5.57 Å². The highest BCUT2D eigenvalue weighted by Crippen LogP contribution is 2.14. The van der Waals surface area contributed by atoms with Gasteiger partial charge >= 0.3 is 5.97 Å². The minimum absolute atomic E-state index is 0.0381. The van der Waals surface area contributed by atoms with Crippen LogP contribution < -0.4 is 0 Å². The molecule has 74 valence electrons. The second kappa shape index (κ2) is 5.19. The lowest BCUT2D eigenvalue weighted by atomic mass is 10.1. The summed E-state index contributed by atoms with van der Waals surface area (Å²) in [6.45, 7) is -0.0381. The number of hydrogen-bond donors (Lipinski definition) is 2. The molecule has 0 aromatic heterocycles. The summed E-state index contributed by atoms with van der Waals surface area (Å²) in [6, 6.07) is 8.86. The number of hydrogen-bond acceptors (Lipinski definition) is 2. The van der Waals surface area contributed by atoms with E-state index < -0.39 is 5.97 Å². The van der Waals surface area contributed by atoms with E-state index in [1.54, 1.807) is 24.3 Å². The van der Waals surface area contributed by atoms with Crippen LogP contribution >= 0.6 is 0 Å². The highest BCUT2D eigenvalue weighted by molar-refractivity contribution is 6.15. The summed E-state index contributed by atoms with van der Waals surface area (Å²) < 4.78 is 0. The number of aliphatic hydroxyl groups excluding tert-OH is 1. The van der Waals surface area contributed by atoms with Crippen molar-refractivity contribution in [2.45, 2.75) is 6.42 Å². The van der Waals surface area contributed by atoms with Crippen molar-refractivity contribution >= 4 is 11.5 Å². The van der Waals surface area contributed by atoms with Crippen LogP contribution in [0.15, 0.2) is 36.4 Å². The summed E-state index contributed by atoms with van der Waals surface area (Å²) in [5.41, 5.74) is 0.896. The number of rotatable bonds is 4. The van der Waals surface area contributed by atoms with E-state index in [1.165, 1.54) is 6.08 Å². The van der Waals surface area contributed by atoms with E-state index in [9.17, 15) is 4.79 Å². The Labute approximate surface area is 82.3 Å². The summed E-state index contributed by atoms with van der Waals surface area (Å²) in [5, 5.41) is 17.5. The van der Waals surface area contributed by atoms with Crippen LogP contribution in [0.1, 0.15) is 12.0 Å². The molecule has 0 aliphatic heterocycles. The van der Waals surface area contributed by atoms with Gasteiger partial charge in [-0.25, -0.2) is 4.79 Å². The topological polar surface area (TPSA) is 57.5 Å². The molecule has 0 amide bonds. The van der Waals surface area contributed by atoms with Gasteiger partial charge in [-0.15, -0.1) is 0 Å². The van der Waals surface area contributed by atoms with Gasteiger partial charge in [0, 0.05) is 6.61 Å². The van der Waals surface area contributed by atoms with Gasteiger partial charge in [0.1, 0.15) is 0 Å². The van der Waals surface area contributed by atoms with Gasteiger partial charge in [0.15, 0.2) is 0 Å². The zero-order chi connectivity index (χ0) is 10.4. The lowest BCUT2D eigenvalue weighted by molar-refractivity contribution is -0.130. The smallest absolute Gasteiger partial charge is 0.335 e. The SMILES string of the molecule is O=C(O)C(=CCCO)c1ccccc1. The summed E-state index contributed by atoms with van der Waals surface area (Å²) in [5.74, 6) is -0.968. The van der Waals surface area contributed by atoms with Gasteiger partial charge in [-0.05, 0) is 12.0 Å². The Morgan fingerprint density at radius 1 is 1.29 bits per heavy atom. The van der Waals surface area contributed by atoms with E-state index in [4.69, 9.17) is 10.2 Å². The molecular weight excluding hydrogens is 180 g/mol. The first-order valence-corrected chi connectivity index (χ1v) is 4.35. The van der Waals surface area contributed by atoms with Crippen LogP contribution in [0.4, 0.5) is 0 Å². The van der Waals surface area contributed by atoms with Gasteiger partial charge in [0.05, 0.1) is 5.57 Å². The Bertz CT molecular complexity index is 328. The Kier molecular flexibility index (Phi) is 3.88. The fourth-order valence-electron chi connectivity index (χ4n) is 1.16. The first kappa shape index (κ1) is 10.5. The van der Waals surface area contributed by atoms with Crippen LogP contribution in [-0.4, -0.2) is 22.8 Å². The lowest BCUT2D eigenvalue weighted by Crippen LogP contribution is -1.99. The molecule has 0 saturated carbocycles. The maximum absolute atomic E-state index is 10.9. The molecule has 1 rings (SSSR count). The molecule has 0 spiro atoms. The molecule has 0 atom stereocenters. The van der Waals surface area contributed by atoms with E-state index in [0.29, 0.717) is 12.0 Å².